The Kier molecular flexibility index (Phi) is 10.4. The van der Waals surface area contributed by atoms with Crippen molar-refractivity contribution in [3.8, 4) is 34.5 Å². The molecule has 0 spiro atoms. The van der Waals surface area contributed by atoms with Crippen molar-refractivity contribution in [1.82, 2.24) is 4.90 Å². The number of aliphatic imine (C=N–C) groups is 2. The molecule has 0 bridgehead atoms. The summed E-state index contributed by atoms with van der Waals surface area (Å²) in [5.41, 5.74) is 13.0. The van der Waals surface area contributed by atoms with Crippen LogP contribution in [0.4, 0.5) is 0 Å². The summed E-state index contributed by atoms with van der Waals surface area (Å²) in [4.78, 5) is 10.6. The number of nitrogens with two attached hydrogens (primary N) is 1. The van der Waals surface area contributed by atoms with Crippen LogP contribution in [0.3, 0.4) is 0 Å². The SMILES string of the molecule is CN(C)CC1CCc2cc(Oc3ccc(C4=CC=NC4)cc3)ccc2O1.NCC1CCc2cc(Oc3ccc(C4=CC=NC4)cc3)ccc2O1. The third-order valence-corrected chi connectivity index (χ3v) is 9.16. The molecule has 4 aromatic rings. The van der Waals surface area contributed by atoms with Crippen molar-refractivity contribution in [2.24, 2.45) is 15.7 Å². The molecule has 4 aliphatic rings. The molecule has 2 N–H and O–H groups in total. The highest BCUT2D eigenvalue weighted by atomic mass is 16.5. The molecular weight excluding hydrogens is 624 g/mol. The highest BCUT2D eigenvalue weighted by molar-refractivity contribution is 5.90. The van der Waals surface area contributed by atoms with Crippen LogP contribution in [0.2, 0.25) is 0 Å². The van der Waals surface area contributed by atoms with E-state index in [2.05, 4.69) is 71.5 Å². The Hall–Kier alpha value is -5.18. The molecule has 4 aromatic carbocycles. The zero-order valence-corrected chi connectivity index (χ0v) is 28.8. The number of allylic oxidation sites excluding steroid dienone is 2. The second-order valence-electron chi connectivity index (χ2n) is 13.2. The van der Waals surface area contributed by atoms with Gasteiger partial charge in [-0.05, 0) is 146 Å². The van der Waals surface area contributed by atoms with Crippen molar-refractivity contribution in [2.45, 2.75) is 37.9 Å². The lowest BCUT2D eigenvalue weighted by Crippen LogP contribution is -2.33. The van der Waals surface area contributed by atoms with E-state index in [4.69, 9.17) is 24.7 Å². The summed E-state index contributed by atoms with van der Waals surface area (Å²) >= 11 is 0. The molecule has 8 heteroatoms. The van der Waals surface area contributed by atoms with Gasteiger partial charge < -0.3 is 29.6 Å². The Bertz CT molecular complexity index is 1910. The molecule has 0 aromatic heterocycles. The molecule has 0 radical (unpaired) electrons. The lowest BCUT2D eigenvalue weighted by molar-refractivity contribution is 0.137. The number of hydrogen-bond acceptors (Lipinski definition) is 8. The zero-order chi connectivity index (χ0) is 34.3. The monoisotopic (exact) mass is 668 g/mol. The van der Waals surface area contributed by atoms with Crippen LogP contribution < -0.4 is 24.7 Å². The van der Waals surface area contributed by atoms with Crippen LogP contribution in [0.15, 0.2) is 107 Å². The lowest BCUT2D eigenvalue weighted by Gasteiger charge is -2.28. The van der Waals surface area contributed by atoms with Gasteiger partial charge in [-0.25, -0.2) is 0 Å². The van der Waals surface area contributed by atoms with E-state index in [0.29, 0.717) is 6.54 Å². The van der Waals surface area contributed by atoms with Gasteiger partial charge in [-0.2, -0.15) is 0 Å². The summed E-state index contributed by atoms with van der Waals surface area (Å²) in [6.45, 7) is 3.03. The number of aryl methyl sites for hydroxylation is 2. The second-order valence-corrected chi connectivity index (χ2v) is 13.2. The van der Waals surface area contributed by atoms with E-state index in [1.54, 1.807) is 0 Å². The minimum absolute atomic E-state index is 0.130. The first kappa shape index (κ1) is 33.3. The number of rotatable bonds is 9. The fraction of sp³-hybridized carbons (Fsp3) is 0.286. The fourth-order valence-corrected chi connectivity index (χ4v) is 6.49. The molecule has 2 unspecified atom stereocenters. The first-order valence-electron chi connectivity index (χ1n) is 17.4. The average molecular weight is 669 g/mol. The third kappa shape index (κ3) is 8.33. The molecule has 50 heavy (non-hydrogen) atoms. The van der Waals surface area contributed by atoms with Gasteiger partial charge in [-0.3, -0.25) is 9.98 Å². The highest BCUT2D eigenvalue weighted by Gasteiger charge is 2.21. The fourth-order valence-electron chi connectivity index (χ4n) is 6.49. The van der Waals surface area contributed by atoms with E-state index in [0.717, 1.165) is 79.8 Å². The number of likely N-dealkylation sites (N-methyl/N-ethyl adjacent to an activating group) is 1. The van der Waals surface area contributed by atoms with Crippen LogP contribution in [0, 0.1) is 0 Å². The minimum atomic E-state index is 0.130. The molecule has 0 amide bonds. The van der Waals surface area contributed by atoms with Gasteiger partial charge >= 0.3 is 0 Å². The van der Waals surface area contributed by atoms with E-state index in [9.17, 15) is 0 Å². The van der Waals surface area contributed by atoms with E-state index in [-0.39, 0.29) is 12.2 Å². The summed E-state index contributed by atoms with van der Waals surface area (Å²) in [7, 11) is 4.16. The summed E-state index contributed by atoms with van der Waals surface area (Å²) in [6.07, 6.45) is 12.2. The molecule has 4 aliphatic heterocycles. The van der Waals surface area contributed by atoms with Crippen molar-refractivity contribution in [1.29, 1.82) is 0 Å². The standard InChI is InChI=1S/C22H24N2O2.C20H20N2O2/c1-24(2)15-21-8-5-17-13-20(9-10-22(17)26-21)25-19-6-3-16(4-7-19)18-11-12-23-14-18;21-12-19-6-3-15-11-18(7-8-20(15)24-19)23-17-4-1-14(2-5-17)16-9-10-22-13-16/h3-4,6-7,9-13,21H,5,8,14-15H2,1-2H3;1-2,4-5,7-11,19H,3,6,12-13,21H2. The van der Waals surface area contributed by atoms with E-state index < -0.39 is 0 Å². The summed E-state index contributed by atoms with van der Waals surface area (Å²) in [6, 6.07) is 28.4. The van der Waals surface area contributed by atoms with Gasteiger partial charge in [0, 0.05) is 25.5 Å². The van der Waals surface area contributed by atoms with Gasteiger partial charge in [0.2, 0.25) is 0 Å². The Morgan fingerprint density at radius 2 is 1.10 bits per heavy atom. The van der Waals surface area contributed by atoms with Crippen molar-refractivity contribution in [3.63, 3.8) is 0 Å². The van der Waals surface area contributed by atoms with Crippen LogP contribution in [-0.4, -0.2) is 69.8 Å². The first-order chi connectivity index (χ1) is 24.5. The molecule has 256 valence electrons. The number of hydrogen-bond donors (Lipinski definition) is 1. The summed E-state index contributed by atoms with van der Waals surface area (Å²) in [5.74, 6) is 5.27. The van der Waals surface area contributed by atoms with Crippen molar-refractivity contribution in [2.75, 3.05) is 40.3 Å². The van der Waals surface area contributed by atoms with Crippen LogP contribution in [0.5, 0.6) is 34.5 Å². The summed E-state index contributed by atoms with van der Waals surface area (Å²) < 4.78 is 24.0. The average Bonchev–Trinajstić information content (AvgIpc) is 3.88. The summed E-state index contributed by atoms with van der Waals surface area (Å²) in [5, 5.41) is 0. The van der Waals surface area contributed by atoms with E-state index in [1.807, 2.05) is 67.0 Å². The Morgan fingerprint density at radius 1 is 0.640 bits per heavy atom. The van der Waals surface area contributed by atoms with Gasteiger partial charge in [-0.15, -0.1) is 0 Å². The molecule has 8 rings (SSSR count). The molecule has 0 saturated heterocycles. The topological polar surface area (TPSA) is 90.9 Å². The quantitative estimate of drug-likeness (QED) is 0.196. The van der Waals surface area contributed by atoms with Crippen LogP contribution in [0.25, 0.3) is 11.1 Å². The maximum atomic E-state index is 6.11. The van der Waals surface area contributed by atoms with Gasteiger partial charge in [0.15, 0.2) is 0 Å². The van der Waals surface area contributed by atoms with Gasteiger partial charge in [-0.1, -0.05) is 24.3 Å². The largest absolute Gasteiger partial charge is 0.489 e. The van der Waals surface area contributed by atoms with Gasteiger partial charge in [0.1, 0.15) is 46.7 Å². The minimum Gasteiger partial charge on any atom is -0.489 e. The number of ether oxygens (including phenoxy) is 4. The number of benzene rings is 4. The van der Waals surface area contributed by atoms with Gasteiger partial charge in [0.05, 0.1) is 13.1 Å². The van der Waals surface area contributed by atoms with E-state index >= 15 is 0 Å². The normalized spacial score (nSPS) is 18.6. The van der Waals surface area contributed by atoms with Crippen molar-refractivity contribution < 1.29 is 18.9 Å². The number of nitrogens with zero attached hydrogens (tertiary/aromatic N) is 3. The predicted molar refractivity (Wildman–Crippen MR) is 202 cm³/mol. The van der Waals surface area contributed by atoms with E-state index in [1.165, 1.54) is 33.4 Å². The molecule has 4 heterocycles. The molecule has 0 saturated carbocycles. The molecule has 2 atom stereocenters. The molecule has 8 nitrogen and oxygen atoms in total. The Labute approximate surface area is 294 Å². The maximum absolute atomic E-state index is 6.11. The number of fused-ring (bicyclic) bond motifs is 2. The molecular formula is C42H44N4O4. The Morgan fingerprint density at radius 3 is 1.54 bits per heavy atom. The highest BCUT2D eigenvalue weighted by Crippen LogP contribution is 2.35. The van der Waals surface area contributed by atoms with Crippen molar-refractivity contribution in [3.05, 3.63) is 119 Å². The lowest BCUT2D eigenvalue weighted by atomic mass is 10.0. The second kappa shape index (κ2) is 15.6. The first-order valence-corrected chi connectivity index (χ1v) is 17.4. The zero-order valence-electron chi connectivity index (χ0n) is 28.8. The molecule has 0 fully saturated rings. The van der Waals surface area contributed by atoms with Gasteiger partial charge in [0.25, 0.3) is 0 Å². The van der Waals surface area contributed by atoms with Crippen LogP contribution in [0.1, 0.15) is 35.1 Å². The van der Waals surface area contributed by atoms with Crippen molar-refractivity contribution >= 4 is 23.6 Å². The smallest absolute Gasteiger partial charge is 0.127 e. The maximum Gasteiger partial charge on any atom is 0.127 e. The molecule has 0 aliphatic carbocycles. The van der Waals surface area contributed by atoms with Crippen LogP contribution in [-0.2, 0) is 12.8 Å². The van der Waals surface area contributed by atoms with Crippen LogP contribution >= 0.6 is 0 Å². The third-order valence-electron chi connectivity index (χ3n) is 9.16. The Balaban J connectivity index is 0.000000157. The predicted octanol–water partition coefficient (Wildman–Crippen LogP) is 7.80.